The molecule has 0 aliphatic carbocycles. The number of aryl methyl sites for hydroxylation is 1. The molecule has 1 aromatic heterocycles. The SMILES string of the molecule is Cc1cc(-c2cc(C(=O)O)no2)cc(Cl)c1O. The van der Waals surface area contributed by atoms with Crippen LogP contribution in [0.2, 0.25) is 5.02 Å². The van der Waals surface area contributed by atoms with E-state index < -0.39 is 5.97 Å². The molecule has 0 fully saturated rings. The highest BCUT2D eigenvalue weighted by Crippen LogP contribution is 2.33. The smallest absolute Gasteiger partial charge is 0.358 e. The van der Waals surface area contributed by atoms with Crippen molar-refractivity contribution >= 4 is 17.6 Å². The number of hydrogen-bond acceptors (Lipinski definition) is 4. The van der Waals surface area contributed by atoms with Crippen molar-refractivity contribution in [2.24, 2.45) is 0 Å². The van der Waals surface area contributed by atoms with Crippen LogP contribution in [0.4, 0.5) is 0 Å². The van der Waals surface area contributed by atoms with Gasteiger partial charge >= 0.3 is 5.97 Å². The quantitative estimate of drug-likeness (QED) is 0.860. The van der Waals surface area contributed by atoms with Crippen molar-refractivity contribution in [2.75, 3.05) is 0 Å². The number of carboxylic acids is 1. The van der Waals surface area contributed by atoms with Gasteiger partial charge in [0.25, 0.3) is 0 Å². The Labute approximate surface area is 101 Å². The average molecular weight is 254 g/mol. The van der Waals surface area contributed by atoms with E-state index in [2.05, 4.69) is 5.16 Å². The summed E-state index contributed by atoms with van der Waals surface area (Å²) in [5, 5.41) is 21.8. The number of aromatic hydroxyl groups is 1. The topological polar surface area (TPSA) is 83.6 Å². The van der Waals surface area contributed by atoms with E-state index in [0.29, 0.717) is 11.1 Å². The summed E-state index contributed by atoms with van der Waals surface area (Å²) in [6.45, 7) is 1.68. The van der Waals surface area contributed by atoms with Gasteiger partial charge in [-0.1, -0.05) is 16.8 Å². The van der Waals surface area contributed by atoms with Crippen molar-refractivity contribution in [1.29, 1.82) is 0 Å². The molecule has 0 saturated heterocycles. The Morgan fingerprint density at radius 2 is 2.12 bits per heavy atom. The minimum Gasteiger partial charge on any atom is -0.506 e. The first-order chi connectivity index (χ1) is 7.99. The number of aromatic carboxylic acids is 1. The number of carboxylic acid groups (broad SMARTS) is 1. The predicted octanol–water partition coefficient (Wildman–Crippen LogP) is 2.71. The molecule has 0 aliphatic heterocycles. The number of nitrogens with zero attached hydrogens (tertiary/aromatic N) is 1. The van der Waals surface area contributed by atoms with Crippen LogP contribution in [0.1, 0.15) is 16.1 Å². The van der Waals surface area contributed by atoms with Crippen molar-refractivity contribution in [1.82, 2.24) is 5.16 Å². The van der Waals surface area contributed by atoms with Gasteiger partial charge in [-0.3, -0.25) is 0 Å². The van der Waals surface area contributed by atoms with Gasteiger partial charge in [0, 0.05) is 11.6 Å². The number of phenolic OH excluding ortho intramolecular Hbond substituents is 1. The van der Waals surface area contributed by atoms with Crippen LogP contribution in [-0.4, -0.2) is 21.3 Å². The Morgan fingerprint density at radius 1 is 1.41 bits per heavy atom. The summed E-state index contributed by atoms with van der Waals surface area (Å²) in [6, 6.07) is 4.41. The third-order valence-electron chi connectivity index (χ3n) is 2.27. The van der Waals surface area contributed by atoms with Crippen LogP contribution < -0.4 is 0 Å². The summed E-state index contributed by atoms with van der Waals surface area (Å²) in [6.07, 6.45) is 0. The fourth-order valence-electron chi connectivity index (χ4n) is 1.39. The van der Waals surface area contributed by atoms with Gasteiger partial charge in [-0.15, -0.1) is 0 Å². The first-order valence-corrected chi connectivity index (χ1v) is 5.06. The lowest BCUT2D eigenvalue weighted by molar-refractivity contribution is 0.0686. The maximum atomic E-state index is 10.6. The zero-order valence-corrected chi connectivity index (χ0v) is 9.52. The van der Waals surface area contributed by atoms with Gasteiger partial charge in [-0.2, -0.15) is 0 Å². The van der Waals surface area contributed by atoms with Gasteiger partial charge < -0.3 is 14.7 Å². The number of halogens is 1. The molecule has 0 spiro atoms. The zero-order valence-electron chi connectivity index (χ0n) is 8.77. The minimum atomic E-state index is -1.17. The van der Waals surface area contributed by atoms with Crippen molar-refractivity contribution in [2.45, 2.75) is 6.92 Å². The Balaban J connectivity index is 2.49. The summed E-state index contributed by atoms with van der Waals surface area (Å²) >= 11 is 5.81. The van der Waals surface area contributed by atoms with E-state index in [0.717, 1.165) is 0 Å². The largest absolute Gasteiger partial charge is 0.506 e. The lowest BCUT2D eigenvalue weighted by atomic mass is 10.1. The molecule has 0 radical (unpaired) electrons. The number of rotatable bonds is 2. The van der Waals surface area contributed by atoms with Gasteiger partial charge in [-0.25, -0.2) is 4.79 Å². The van der Waals surface area contributed by atoms with E-state index in [9.17, 15) is 9.90 Å². The molecule has 5 nitrogen and oxygen atoms in total. The van der Waals surface area contributed by atoms with Crippen molar-refractivity contribution in [3.8, 4) is 17.1 Å². The number of benzene rings is 1. The van der Waals surface area contributed by atoms with Gasteiger partial charge in [0.2, 0.25) is 0 Å². The minimum absolute atomic E-state index is 0.00612. The number of phenols is 1. The van der Waals surface area contributed by atoms with Crippen LogP contribution in [0.3, 0.4) is 0 Å². The lowest BCUT2D eigenvalue weighted by Crippen LogP contribution is -1.94. The maximum Gasteiger partial charge on any atom is 0.358 e. The van der Waals surface area contributed by atoms with Crippen molar-refractivity contribution in [3.05, 3.63) is 34.5 Å². The highest BCUT2D eigenvalue weighted by atomic mass is 35.5. The zero-order chi connectivity index (χ0) is 12.6. The third-order valence-corrected chi connectivity index (χ3v) is 2.56. The van der Waals surface area contributed by atoms with Crippen LogP contribution in [-0.2, 0) is 0 Å². The second-order valence-corrected chi connectivity index (χ2v) is 3.91. The second kappa shape index (κ2) is 4.10. The van der Waals surface area contributed by atoms with Gasteiger partial charge in [0.1, 0.15) is 5.75 Å². The fourth-order valence-corrected chi connectivity index (χ4v) is 1.66. The molecule has 0 bridgehead atoms. The van der Waals surface area contributed by atoms with E-state index in [4.69, 9.17) is 21.2 Å². The van der Waals surface area contributed by atoms with Crippen LogP contribution >= 0.6 is 11.6 Å². The number of aromatic nitrogens is 1. The summed E-state index contributed by atoms with van der Waals surface area (Å²) < 4.78 is 4.89. The molecule has 0 saturated carbocycles. The van der Waals surface area contributed by atoms with Gasteiger partial charge in [0.15, 0.2) is 11.5 Å². The number of hydrogen-bond donors (Lipinski definition) is 2. The molecule has 2 rings (SSSR count). The van der Waals surface area contributed by atoms with Crippen LogP contribution in [0.15, 0.2) is 22.7 Å². The molecule has 17 heavy (non-hydrogen) atoms. The molecular weight excluding hydrogens is 246 g/mol. The molecule has 0 unspecified atom stereocenters. The summed E-state index contributed by atoms with van der Waals surface area (Å²) in [5.74, 6) is -0.887. The van der Waals surface area contributed by atoms with Gasteiger partial charge in [0.05, 0.1) is 5.02 Å². The first-order valence-electron chi connectivity index (χ1n) is 4.68. The highest BCUT2D eigenvalue weighted by Gasteiger charge is 2.14. The van der Waals surface area contributed by atoms with Crippen molar-refractivity contribution < 1.29 is 19.5 Å². The predicted molar refractivity (Wildman–Crippen MR) is 60.3 cm³/mol. The molecular formula is C11H8ClNO4. The lowest BCUT2D eigenvalue weighted by Gasteiger charge is -2.03. The van der Waals surface area contributed by atoms with E-state index in [1.807, 2.05) is 0 Å². The van der Waals surface area contributed by atoms with Crippen molar-refractivity contribution in [3.63, 3.8) is 0 Å². The first kappa shape index (κ1) is 11.5. The maximum absolute atomic E-state index is 10.6. The fraction of sp³-hybridized carbons (Fsp3) is 0.0909. The molecule has 2 N–H and O–H groups in total. The molecule has 6 heteroatoms. The second-order valence-electron chi connectivity index (χ2n) is 3.51. The molecule has 1 heterocycles. The van der Waals surface area contributed by atoms with Crippen LogP contribution in [0.5, 0.6) is 5.75 Å². The Bertz CT molecular complexity index is 568. The molecule has 0 amide bonds. The molecule has 0 aliphatic rings. The van der Waals surface area contributed by atoms with E-state index in [1.165, 1.54) is 12.1 Å². The third kappa shape index (κ3) is 2.09. The summed E-state index contributed by atoms with van der Waals surface area (Å²) in [7, 11) is 0. The normalized spacial score (nSPS) is 10.5. The molecule has 0 atom stereocenters. The Morgan fingerprint density at radius 3 is 2.65 bits per heavy atom. The Kier molecular flexibility index (Phi) is 2.77. The average Bonchev–Trinajstić information content (AvgIpc) is 2.74. The van der Waals surface area contributed by atoms with Crippen LogP contribution in [0, 0.1) is 6.92 Å². The van der Waals surface area contributed by atoms with E-state index in [1.54, 1.807) is 13.0 Å². The summed E-state index contributed by atoms with van der Waals surface area (Å²) in [4.78, 5) is 10.6. The summed E-state index contributed by atoms with van der Waals surface area (Å²) in [5.41, 5.74) is 0.952. The standard InChI is InChI=1S/C11H8ClNO4/c1-5-2-6(3-7(12)10(5)14)9-4-8(11(15)16)13-17-9/h2-4,14H,1H3,(H,15,16). The number of carbonyl (C=O) groups is 1. The van der Waals surface area contributed by atoms with E-state index in [-0.39, 0.29) is 22.2 Å². The molecule has 1 aromatic carbocycles. The monoisotopic (exact) mass is 253 g/mol. The molecule has 88 valence electrons. The van der Waals surface area contributed by atoms with Crippen LogP contribution in [0.25, 0.3) is 11.3 Å². The molecule has 2 aromatic rings. The van der Waals surface area contributed by atoms with Gasteiger partial charge in [-0.05, 0) is 24.6 Å². The highest BCUT2D eigenvalue weighted by molar-refractivity contribution is 6.32. The van der Waals surface area contributed by atoms with E-state index >= 15 is 0 Å². The Hall–Kier alpha value is -2.01.